The van der Waals surface area contributed by atoms with Gasteiger partial charge in [-0.1, -0.05) is 25.1 Å². The zero-order valence-corrected chi connectivity index (χ0v) is 13.7. The lowest BCUT2D eigenvalue weighted by Gasteiger charge is -2.12. The van der Waals surface area contributed by atoms with Gasteiger partial charge in [0.05, 0.1) is 12.5 Å². The number of ether oxygens (including phenoxy) is 1. The largest absolute Gasteiger partial charge is 0.496 e. The summed E-state index contributed by atoms with van der Waals surface area (Å²) in [5, 5.41) is 2.89. The number of nitrogens with two attached hydrogens (primary N) is 1. The van der Waals surface area contributed by atoms with Crippen LogP contribution in [0.25, 0.3) is 33.1 Å². The number of nitrogens with zero attached hydrogens (tertiary/aromatic N) is 1. The molecule has 0 spiro atoms. The van der Waals surface area contributed by atoms with E-state index in [0.29, 0.717) is 5.82 Å². The van der Waals surface area contributed by atoms with Crippen molar-refractivity contribution in [1.82, 2.24) is 4.98 Å². The second-order valence-corrected chi connectivity index (χ2v) is 5.78. The third-order valence-corrected chi connectivity index (χ3v) is 4.36. The lowest BCUT2D eigenvalue weighted by Crippen LogP contribution is -1.97. The van der Waals surface area contributed by atoms with Gasteiger partial charge in [-0.3, -0.25) is 0 Å². The fourth-order valence-electron chi connectivity index (χ4n) is 3.09. The molecule has 0 radical (unpaired) electrons. The van der Waals surface area contributed by atoms with E-state index in [4.69, 9.17) is 14.9 Å². The van der Waals surface area contributed by atoms with Crippen LogP contribution in [0.2, 0.25) is 0 Å². The Balaban J connectivity index is 2.06. The Morgan fingerprint density at radius 3 is 2.75 bits per heavy atom. The van der Waals surface area contributed by atoms with Crippen LogP contribution in [0.5, 0.6) is 5.75 Å². The maximum Gasteiger partial charge on any atom is 0.137 e. The predicted octanol–water partition coefficient (Wildman–Crippen LogP) is 4.80. The lowest BCUT2D eigenvalue weighted by molar-refractivity contribution is 0.419. The molecule has 120 valence electrons. The molecule has 4 heteroatoms. The highest BCUT2D eigenvalue weighted by molar-refractivity contribution is 6.05. The molecule has 24 heavy (non-hydrogen) atoms. The molecule has 2 aromatic carbocycles. The number of nitrogen functional groups attached to an aromatic ring is 1. The summed E-state index contributed by atoms with van der Waals surface area (Å²) >= 11 is 0. The van der Waals surface area contributed by atoms with Crippen molar-refractivity contribution in [3.8, 4) is 17.1 Å². The van der Waals surface area contributed by atoms with Gasteiger partial charge in [-0.15, -0.1) is 0 Å². The third-order valence-electron chi connectivity index (χ3n) is 4.36. The number of aromatic nitrogens is 1. The van der Waals surface area contributed by atoms with Gasteiger partial charge in [-0.25, -0.2) is 4.98 Å². The minimum Gasteiger partial charge on any atom is -0.496 e. The van der Waals surface area contributed by atoms with E-state index in [2.05, 4.69) is 18.0 Å². The molecule has 0 unspecified atom stereocenters. The molecule has 0 aliphatic carbocycles. The first-order valence-corrected chi connectivity index (χ1v) is 7.95. The highest BCUT2D eigenvalue weighted by Crippen LogP contribution is 2.38. The van der Waals surface area contributed by atoms with Crippen LogP contribution in [0.3, 0.4) is 0 Å². The number of hydrogen-bond acceptors (Lipinski definition) is 4. The second kappa shape index (κ2) is 5.57. The Kier molecular flexibility index (Phi) is 3.38. The standard InChI is InChI=1S/C20H18N2O2/c1-3-12-8-14-15(11-22-20(21)19(14)18(9-12)23-2)17-10-13-6-4-5-7-16(13)24-17/h4-11H,3H2,1-2H3,(H2,21,22). The molecule has 2 aromatic heterocycles. The second-order valence-electron chi connectivity index (χ2n) is 5.78. The van der Waals surface area contributed by atoms with Crippen molar-refractivity contribution in [1.29, 1.82) is 0 Å². The lowest BCUT2D eigenvalue weighted by atomic mass is 10.00. The average molecular weight is 318 g/mol. The Bertz CT molecular complexity index is 1020. The maximum absolute atomic E-state index is 6.12. The summed E-state index contributed by atoms with van der Waals surface area (Å²) in [7, 11) is 1.65. The molecule has 2 N–H and O–H groups in total. The van der Waals surface area contributed by atoms with Crippen molar-refractivity contribution < 1.29 is 9.15 Å². The summed E-state index contributed by atoms with van der Waals surface area (Å²) in [5.74, 6) is 1.99. The van der Waals surface area contributed by atoms with Crippen LogP contribution >= 0.6 is 0 Å². The van der Waals surface area contributed by atoms with E-state index in [-0.39, 0.29) is 0 Å². The van der Waals surface area contributed by atoms with Crippen LogP contribution in [0.15, 0.2) is 53.1 Å². The topological polar surface area (TPSA) is 61.3 Å². The Morgan fingerprint density at radius 2 is 2.00 bits per heavy atom. The van der Waals surface area contributed by atoms with E-state index in [9.17, 15) is 0 Å². The number of rotatable bonds is 3. The summed E-state index contributed by atoms with van der Waals surface area (Å²) in [6.07, 6.45) is 2.68. The molecule has 0 saturated carbocycles. The van der Waals surface area contributed by atoms with Crippen LogP contribution in [-0.4, -0.2) is 12.1 Å². The summed E-state index contributed by atoms with van der Waals surface area (Å²) in [6.45, 7) is 2.12. The van der Waals surface area contributed by atoms with Gasteiger partial charge in [-0.2, -0.15) is 0 Å². The minimum atomic E-state index is 0.462. The summed E-state index contributed by atoms with van der Waals surface area (Å²) in [4.78, 5) is 4.36. The van der Waals surface area contributed by atoms with Gasteiger partial charge in [0.1, 0.15) is 22.9 Å². The number of aryl methyl sites for hydroxylation is 1. The average Bonchev–Trinajstić information content (AvgIpc) is 3.04. The van der Waals surface area contributed by atoms with E-state index in [0.717, 1.165) is 45.2 Å². The molecule has 0 aliphatic rings. The number of benzene rings is 2. The molecule has 2 heterocycles. The molecular weight excluding hydrogens is 300 g/mol. The molecular formula is C20H18N2O2. The smallest absolute Gasteiger partial charge is 0.137 e. The van der Waals surface area contributed by atoms with Gasteiger partial charge >= 0.3 is 0 Å². The summed E-state index contributed by atoms with van der Waals surface area (Å²) in [5.41, 5.74) is 9.09. The number of furan rings is 1. The first kappa shape index (κ1) is 14.6. The van der Waals surface area contributed by atoms with E-state index in [1.165, 1.54) is 5.56 Å². The van der Waals surface area contributed by atoms with Gasteiger partial charge in [0, 0.05) is 22.5 Å². The van der Waals surface area contributed by atoms with Crippen molar-refractivity contribution in [3.05, 3.63) is 54.2 Å². The normalized spacial score (nSPS) is 11.2. The number of hydrogen-bond donors (Lipinski definition) is 1. The highest BCUT2D eigenvalue weighted by atomic mass is 16.5. The van der Waals surface area contributed by atoms with E-state index < -0.39 is 0 Å². The molecule has 0 atom stereocenters. The van der Waals surface area contributed by atoms with Crippen molar-refractivity contribution in [3.63, 3.8) is 0 Å². The van der Waals surface area contributed by atoms with Gasteiger partial charge in [0.2, 0.25) is 0 Å². The zero-order valence-electron chi connectivity index (χ0n) is 13.7. The van der Waals surface area contributed by atoms with E-state index in [1.807, 2.05) is 36.4 Å². The zero-order chi connectivity index (χ0) is 16.7. The number of fused-ring (bicyclic) bond motifs is 2. The van der Waals surface area contributed by atoms with E-state index in [1.54, 1.807) is 13.3 Å². The molecule has 0 fully saturated rings. The summed E-state index contributed by atoms with van der Waals surface area (Å²) < 4.78 is 11.6. The Labute approximate surface area is 139 Å². The first-order valence-electron chi connectivity index (χ1n) is 7.95. The van der Waals surface area contributed by atoms with Crippen molar-refractivity contribution in [2.24, 2.45) is 0 Å². The molecule has 4 rings (SSSR count). The SMILES string of the molecule is CCc1cc(OC)c2c(N)ncc(-c3cc4ccccc4o3)c2c1. The number of methoxy groups -OCH3 is 1. The van der Waals surface area contributed by atoms with Crippen LogP contribution in [0.1, 0.15) is 12.5 Å². The maximum atomic E-state index is 6.12. The molecule has 0 amide bonds. The fraction of sp³-hybridized carbons (Fsp3) is 0.150. The van der Waals surface area contributed by atoms with Gasteiger partial charge in [0.25, 0.3) is 0 Å². The van der Waals surface area contributed by atoms with Crippen molar-refractivity contribution >= 4 is 27.6 Å². The van der Waals surface area contributed by atoms with Gasteiger partial charge in [0.15, 0.2) is 0 Å². The summed E-state index contributed by atoms with van der Waals surface area (Å²) in [6, 6.07) is 14.2. The third kappa shape index (κ3) is 2.19. The minimum absolute atomic E-state index is 0.462. The Hall–Kier alpha value is -3.01. The molecule has 0 aliphatic heterocycles. The quantitative estimate of drug-likeness (QED) is 0.589. The number of anilines is 1. The van der Waals surface area contributed by atoms with Crippen molar-refractivity contribution in [2.75, 3.05) is 12.8 Å². The van der Waals surface area contributed by atoms with Crippen LogP contribution < -0.4 is 10.5 Å². The predicted molar refractivity (Wildman–Crippen MR) is 97.3 cm³/mol. The number of pyridine rings is 1. The first-order chi connectivity index (χ1) is 11.7. The van der Waals surface area contributed by atoms with Crippen LogP contribution in [0.4, 0.5) is 5.82 Å². The molecule has 4 nitrogen and oxygen atoms in total. The van der Waals surface area contributed by atoms with Gasteiger partial charge < -0.3 is 14.9 Å². The highest BCUT2D eigenvalue weighted by Gasteiger charge is 2.16. The monoisotopic (exact) mass is 318 g/mol. The fourth-order valence-corrected chi connectivity index (χ4v) is 3.09. The van der Waals surface area contributed by atoms with Crippen LogP contribution in [-0.2, 0) is 6.42 Å². The molecule has 0 bridgehead atoms. The van der Waals surface area contributed by atoms with Crippen molar-refractivity contribution in [2.45, 2.75) is 13.3 Å². The number of para-hydroxylation sites is 1. The van der Waals surface area contributed by atoms with Crippen LogP contribution in [0, 0.1) is 0 Å². The molecule has 0 saturated heterocycles. The van der Waals surface area contributed by atoms with Gasteiger partial charge in [-0.05, 0) is 36.2 Å². The Morgan fingerprint density at radius 1 is 1.17 bits per heavy atom. The molecule has 4 aromatic rings. The van der Waals surface area contributed by atoms with E-state index >= 15 is 0 Å².